The maximum atomic E-state index is 5.96. The highest BCUT2D eigenvalue weighted by Gasteiger charge is 2.06. The number of nitrogens with one attached hydrogen (secondary N) is 1. The molecule has 0 unspecified atom stereocenters. The highest BCUT2D eigenvalue weighted by molar-refractivity contribution is 5.73. The summed E-state index contributed by atoms with van der Waals surface area (Å²) in [5.41, 5.74) is 8.45. The number of nitrogen functional groups attached to an aromatic ring is 1. The van der Waals surface area contributed by atoms with E-state index in [0.717, 1.165) is 17.0 Å². The molecule has 88 valence electrons. The summed E-state index contributed by atoms with van der Waals surface area (Å²) in [6.45, 7) is 1.95. The molecule has 3 N–H and O–H groups in total. The number of anilines is 3. The third kappa shape index (κ3) is 2.30. The highest BCUT2D eigenvalue weighted by Crippen LogP contribution is 2.29. The quantitative estimate of drug-likeness (QED) is 0.849. The molecule has 0 aliphatic carbocycles. The van der Waals surface area contributed by atoms with E-state index in [1.54, 1.807) is 13.3 Å². The molecule has 4 heteroatoms. The summed E-state index contributed by atoms with van der Waals surface area (Å²) in [4.78, 5) is 4.22. The molecule has 1 heterocycles. The Hall–Kier alpha value is -2.23. The topological polar surface area (TPSA) is 60.2 Å². The molecule has 0 aliphatic heterocycles. The van der Waals surface area contributed by atoms with E-state index in [0.29, 0.717) is 11.5 Å². The van der Waals surface area contributed by atoms with Crippen molar-refractivity contribution in [2.24, 2.45) is 0 Å². The molecular weight excluding hydrogens is 214 g/mol. The number of rotatable bonds is 3. The van der Waals surface area contributed by atoms with Crippen LogP contribution in [0.3, 0.4) is 0 Å². The number of hydrogen-bond acceptors (Lipinski definition) is 4. The lowest BCUT2D eigenvalue weighted by molar-refractivity contribution is 0.417. The van der Waals surface area contributed by atoms with E-state index >= 15 is 0 Å². The van der Waals surface area contributed by atoms with Gasteiger partial charge in [-0.15, -0.1) is 0 Å². The van der Waals surface area contributed by atoms with Crippen LogP contribution in [0.4, 0.5) is 17.2 Å². The summed E-state index contributed by atoms with van der Waals surface area (Å²) in [6.07, 6.45) is 1.73. The standard InChI is InChI=1S/C13H15N3O/c1-9-7-8-15-13(12(9)14)16-10-5-3-4-6-11(10)17-2/h3-8H,14H2,1-2H3,(H,15,16). The van der Waals surface area contributed by atoms with Crippen molar-refractivity contribution in [2.75, 3.05) is 18.2 Å². The van der Waals surface area contributed by atoms with Crippen LogP contribution in [-0.4, -0.2) is 12.1 Å². The predicted molar refractivity (Wildman–Crippen MR) is 69.7 cm³/mol. The Kier molecular flexibility index (Phi) is 3.14. The van der Waals surface area contributed by atoms with Gasteiger partial charge in [-0.2, -0.15) is 0 Å². The summed E-state index contributed by atoms with van der Waals surface area (Å²) in [6, 6.07) is 9.52. The fraction of sp³-hybridized carbons (Fsp3) is 0.154. The van der Waals surface area contributed by atoms with Crippen molar-refractivity contribution in [2.45, 2.75) is 6.92 Å². The Morgan fingerprint density at radius 1 is 1.24 bits per heavy atom. The van der Waals surface area contributed by atoms with Crippen molar-refractivity contribution in [3.8, 4) is 5.75 Å². The van der Waals surface area contributed by atoms with Crippen LogP contribution in [0.5, 0.6) is 5.75 Å². The van der Waals surface area contributed by atoms with Gasteiger partial charge in [0, 0.05) is 6.20 Å². The van der Waals surface area contributed by atoms with E-state index in [-0.39, 0.29) is 0 Å². The first-order valence-corrected chi connectivity index (χ1v) is 5.33. The molecule has 2 aromatic rings. The Bertz CT molecular complexity index is 526. The molecule has 0 saturated carbocycles. The molecule has 0 bridgehead atoms. The minimum absolute atomic E-state index is 0.648. The van der Waals surface area contributed by atoms with Crippen LogP contribution in [0, 0.1) is 6.92 Å². The Balaban J connectivity index is 2.35. The van der Waals surface area contributed by atoms with Gasteiger partial charge in [0.25, 0.3) is 0 Å². The van der Waals surface area contributed by atoms with Crippen LogP contribution in [0.25, 0.3) is 0 Å². The summed E-state index contributed by atoms with van der Waals surface area (Å²) >= 11 is 0. The highest BCUT2D eigenvalue weighted by atomic mass is 16.5. The van der Waals surface area contributed by atoms with Gasteiger partial charge in [-0.25, -0.2) is 4.98 Å². The second kappa shape index (κ2) is 4.74. The summed E-state index contributed by atoms with van der Waals surface area (Å²) in [5, 5.41) is 3.17. The van der Waals surface area contributed by atoms with Gasteiger partial charge in [0.05, 0.1) is 18.5 Å². The Morgan fingerprint density at radius 3 is 2.76 bits per heavy atom. The maximum Gasteiger partial charge on any atom is 0.153 e. The zero-order valence-electron chi connectivity index (χ0n) is 9.90. The number of hydrogen-bond donors (Lipinski definition) is 2. The first kappa shape index (κ1) is 11.3. The molecule has 0 spiro atoms. The van der Waals surface area contributed by atoms with Crippen molar-refractivity contribution < 1.29 is 4.74 Å². The minimum atomic E-state index is 0.648. The molecule has 2 rings (SSSR count). The van der Waals surface area contributed by atoms with Crippen molar-refractivity contribution in [1.82, 2.24) is 4.98 Å². The SMILES string of the molecule is COc1ccccc1Nc1nccc(C)c1N. The van der Waals surface area contributed by atoms with Gasteiger partial charge in [-0.3, -0.25) is 0 Å². The van der Waals surface area contributed by atoms with E-state index in [1.807, 2.05) is 37.3 Å². The van der Waals surface area contributed by atoms with E-state index in [9.17, 15) is 0 Å². The zero-order valence-corrected chi connectivity index (χ0v) is 9.90. The Morgan fingerprint density at radius 2 is 2.00 bits per heavy atom. The molecule has 1 aromatic heterocycles. The van der Waals surface area contributed by atoms with Crippen LogP contribution in [0.1, 0.15) is 5.56 Å². The van der Waals surface area contributed by atoms with Gasteiger partial charge >= 0.3 is 0 Å². The second-order valence-corrected chi connectivity index (χ2v) is 3.72. The molecule has 17 heavy (non-hydrogen) atoms. The average molecular weight is 229 g/mol. The van der Waals surface area contributed by atoms with Crippen molar-refractivity contribution in [3.05, 3.63) is 42.1 Å². The molecule has 0 saturated heterocycles. The van der Waals surface area contributed by atoms with E-state index in [4.69, 9.17) is 10.5 Å². The number of para-hydroxylation sites is 2. The fourth-order valence-corrected chi connectivity index (χ4v) is 1.54. The number of methoxy groups -OCH3 is 1. The van der Waals surface area contributed by atoms with Crippen molar-refractivity contribution in [1.29, 1.82) is 0 Å². The number of benzene rings is 1. The number of aryl methyl sites for hydroxylation is 1. The predicted octanol–water partition coefficient (Wildman–Crippen LogP) is 2.72. The van der Waals surface area contributed by atoms with Crippen LogP contribution in [0.2, 0.25) is 0 Å². The van der Waals surface area contributed by atoms with E-state index in [1.165, 1.54) is 0 Å². The summed E-state index contributed by atoms with van der Waals surface area (Å²) < 4.78 is 5.26. The lowest BCUT2D eigenvalue weighted by Gasteiger charge is -2.12. The van der Waals surface area contributed by atoms with Gasteiger partial charge in [0.2, 0.25) is 0 Å². The number of pyridine rings is 1. The lowest BCUT2D eigenvalue weighted by Crippen LogP contribution is -2.01. The van der Waals surface area contributed by atoms with Crippen LogP contribution in [0.15, 0.2) is 36.5 Å². The number of nitrogens with zero attached hydrogens (tertiary/aromatic N) is 1. The first-order valence-electron chi connectivity index (χ1n) is 5.33. The monoisotopic (exact) mass is 229 g/mol. The van der Waals surface area contributed by atoms with Crippen LogP contribution in [-0.2, 0) is 0 Å². The normalized spacial score (nSPS) is 10.0. The maximum absolute atomic E-state index is 5.96. The molecule has 0 radical (unpaired) electrons. The molecule has 0 fully saturated rings. The lowest BCUT2D eigenvalue weighted by atomic mass is 10.2. The molecule has 0 atom stereocenters. The van der Waals surface area contributed by atoms with E-state index in [2.05, 4.69) is 10.3 Å². The molecule has 0 aliphatic rings. The molecule has 1 aromatic carbocycles. The largest absolute Gasteiger partial charge is 0.495 e. The molecule has 0 amide bonds. The summed E-state index contributed by atoms with van der Waals surface area (Å²) in [5.74, 6) is 1.41. The number of ether oxygens (including phenoxy) is 1. The third-order valence-corrected chi connectivity index (χ3v) is 2.57. The van der Waals surface area contributed by atoms with Crippen molar-refractivity contribution >= 4 is 17.2 Å². The van der Waals surface area contributed by atoms with Crippen LogP contribution < -0.4 is 15.8 Å². The van der Waals surface area contributed by atoms with E-state index < -0.39 is 0 Å². The first-order chi connectivity index (χ1) is 8.22. The Labute approximate surface area is 100 Å². The van der Waals surface area contributed by atoms with Gasteiger partial charge in [-0.05, 0) is 30.7 Å². The smallest absolute Gasteiger partial charge is 0.153 e. The van der Waals surface area contributed by atoms with Gasteiger partial charge in [-0.1, -0.05) is 12.1 Å². The van der Waals surface area contributed by atoms with Gasteiger partial charge < -0.3 is 15.8 Å². The zero-order chi connectivity index (χ0) is 12.3. The molecular formula is C13H15N3O. The third-order valence-electron chi connectivity index (χ3n) is 2.57. The van der Waals surface area contributed by atoms with Crippen LogP contribution >= 0.6 is 0 Å². The number of aromatic nitrogens is 1. The van der Waals surface area contributed by atoms with Crippen molar-refractivity contribution in [3.63, 3.8) is 0 Å². The second-order valence-electron chi connectivity index (χ2n) is 3.72. The molecule has 4 nitrogen and oxygen atoms in total. The fourth-order valence-electron chi connectivity index (χ4n) is 1.54. The summed E-state index contributed by atoms with van der Waals surface area (Å²) in [7, 11) is 1.63. The van der Waals surface area contributed by atoms with Gasteiger partial charge in [0.15, 0.2) is 5.82 Å². The number of nitrogens with two attached hydrogens (primary N) is 1. The average Bonchev–Trinajstić information content (AvgIpc) is 2.35. The minimum Gasteiger partial charge on any atom is -0.495 e. The van der Waals surface area contributed by atoms with Gasteiger partial charge in [0.1, 0.15) is 5.75 Å².